The minimum Gasteiger partial charge on any atom is -0.444 e. The van der Waals surface area contributed by atoms with Crippen molar-refractivity contribution >= 4 is 0 Å². The summed E-state index contributed by atoms with van der Waals surface area (Å²) in [4.78, 5) is 6.84. The van der Waals surface area contributed by atoms with Crippen LogP contribution in [0.5, 0.6) is 0 Å². The minimum atomic E-state index is -0.289. The summed E-state index contributed by atoms with van der Waals surface area (Å²) in [6.07, 6.45) is 6.39. The van der Waals surface area contributed by atoms with Crippen molar-refractivity contribution in [3.05, 3.63) is 54.4 Å². The van der Waals surface area contributed by atoms with Crippen LogP contribution in [-0.2, 0) is 13.1 Å². The molecule has 0 radical (unpaired) electrons. The van der Waals surface area contributed by atoms with Gasteiger partial charge in [0.15, 0.2) is 0 Å². The van der Waals surface area contributed by atoms with Crippen LogP contribution in [0.2, 0.25) is 0 Å². The Morgan fingerprint density at radius 3 is 3.12 bits per heavy atom. The average Bonchev–Trinajstić information content (AvgIpc) is 3.31. The predicted molar refractivity (Wildman–Crippen MR) is 85.3 cm³/mol. The zero-order valence-electron chi connectivity index (χ0n) is 13.2. The molecule has 0 saturated carbocycles. The van der Waals surface area contributed by atoms with Gasteiger partial charge < -0.3 is 4.42 Å². The van der Waals surface area contributed by atoms with Gasteiger partial charge in [-0.3, -0.25) is 9.58 Å². The summed E-state index contributed by atoms with van der Waals surface area (Å²) >= 11 is 0. The molecule has 6 nitrogen and oxygen atoms in total. The fourth-order valence-corrected chi connectivity index (χ4v) is 3.16. The van der Waals surface area contributed by atoms with Crippen molar-refractivity contribution in [3.63, 3.8) is 0 Å². The summed E-state index contributed by atoms with van der Waals surface area (Å²) < 4.78 is 20.7. The Kier molecular flexibility index (Phi) is 4.08. The van der Waals surface area contributed by atoms with Gasteiger partial charge in [-0.2, -0.15) is 0 Å². The van der Waals surface area contributed by atoms with Gasteiger partial charge in [0.05, 0.1) is 11.9 Å². The third kappa shape index (κ3) is 3.35. The van der Waals surface area contributed by atoms with Gasteiger partial charge in [-0.05, 0) is 37.1 Å². The maximum absolute atomic E-state index is 13.3. The molecular weight excluding hydrogens is 309 g/mol. The summed E-state index contributed by atoms with van der Waals surface area (Å²) in [5.41, 5.74) is 1.53. The van der Waals surface area contributed by atoms with Gasteiger partial charge in [-0.1, -0.05) is 11.3 Å². The monoisotopic (exact) mass is 327 g/mol. The number of oxazole rings is 1. The molecule has 1 saturated heterocycles. The largest absolute Gasteiger partial charge is 0.444 e. The van der Waals surface area contributed by atoms with E-state index in [0.29, 0.717) is 17.4 Å². The molecule has 124 valence electrons. The fourth-order valence-electron chi connectivity index (χ4n) is 3.16. The second kappa shape index (κ2) is 6.52. The van der Waals surface area contributed by atoms with Crippen molar-refractivity contribution in [2.45, 2.75) is 19.5 Å². The number of nitrogens with zero attached hydrogens (tertiary/aromatic N) is 5. The molecule has 1 unspecified atom stereocenters. The molecule has 1 aliphatic rings. The predicted octanol–water partition coefficient (Wildman–Crippen LogP) is 2.59. The van der Waals surface area contributed by atoms with Crippen molar-refractivity contribution in [1.82, 2.24) is 24.9 Å². The molecule has 2 aromatic heterocycles. The summed E-state index contributed by atoms with van der Waals surface area (Å²) in [6.45, 7) is 3.67. The molecule has 0 bridgehead atoms. The minimum absolute atomic E-state index is 0.289. The zero-order chi connectivity index (χ0) is 16.4. The Morgan fingerprint density at radius 2 is 2.29 bits per heavy atom. The Morgan fingerprint density at radius 1 is 1.33 bits per heavy atom. The van der Waals surface area contributed by atoms with Gasteiger partial charge in [0.2, 0.25) is 5.89 Å². The van der Waals surface area contributed by atoms with Gasteiger partial charge in [-0.25, -0.2) is 9.37 Å². The van der Waals surface area contributed by atoms with Gasteiger partial charge >= 0.3 is 0 Å². The van der Waals surface area contributed by atoms with Crippen LogP contribution in [0.3, 0.4) is 0 Å². The van der Waals surface area contributed by atoms with E-state index in [0.717, 1.165) is 38.3 Å². The van der Waals surface area contributed by atoms with Crippen LogP contribution in [0.15, 0.2) is 47.3 Å². The molecule has 0 spiro atoms. The number of hydrogen-bond donors (Lipinski definition) is 0. The lowest BCUT2D eigenvalue weighted by molar-refractivity contribution is 0.302. The van der Waals surface area contributed by atoms with E-state index in [2.05, 4.69) is 20.2 Å². The Balaban J connectivity index is 1.36. The Labute approximate surface area is 138 Å². The van der Waals surface area contributed by atoms with E-state index in [4.69, 9.17) is 4.42 Å². The van der Waals surface area contributed by atoms with Gasteiger partial charge in [0, 0.05) is 31.4 Å². The third-order valence-electron chi connectivity index (χ3n) is 4.30. The van der Waals surface area contributed by atoms with Gasteiger partial charge in [0.25, 0.3) is 0 Å². The highest BCUT2D eigenvalue weighted by molar-refractivity contribution is 5.52. The van der Waals surface area contributed by atoms with Gasteiger partial charge in [0.1, 0.15) is 12.1 Å². The van der Waals surface area contributed by atoms with Crippen molar-refractivity contribution in [3.8, 4) is 11.5 Å². The summed E-state index contributed by atoms with van der Waals surface area (Å²) in [7, 11) is 0. The molecule has 1 aliphatic heterocycles. The zero-order valence-corrected chi connectivity index (χ0v) is 13.2. The van der Waals surface area contributed by atoms with Crippen molar-refractivity contribution < 1.29 is 8.81 Å². The molecule has 24 heavy (non-hydrogen) atoms. The van der Waals surface area contributed by atoms with E-state index < -0.39 is 0 Å². The molecular formula is C17H18FN5O. The second-order valence-corrected chi connectivity index (χ2v) is 6.17. The van der Waals surface area contributed by atoms with Crippen LogP contribution in [-0.4, -0.2) is 38.0 Å². The first-order valence-corrected chi connectivity index (χ1v) is 8.03. The first-order valence-electron chi connectivity index (χ1n) is 8.03. The van der Waals surface area contributed by atoms with E-state index in [-0.39, 0.29) is 5.82 Å². The number of benzene rings is 1. The summed E-state index contributed by atoms with van der Waals surface area (Å²) in [5, 5.41) is 7.86. The molecule has 1 fully saturated rings. The SMILES string of the molecule is Fc1cccc(-c2nc(CN3CCC(Cn4ccnn4)C3)co2)c1. The highest BCUT2D eigenvalue weighted by atomic mass is 19.1. The lowest BCUT2D eigenvalue weighted by Gasteiger charge is -2.14. The molecule has 3 aromatic rings. The van der Waals surface area contributed by atoms with E-state index >= 15 is 0 Å². The highest BCUT2D eigenvalue weighted by Gasteiger charge is 2.24. The topological polar surface area (TPSA) is 60.0 Å². The maximum atomic E-state index is 13.3. The molecule has 0 aliphatic carbocycles. The first kappa shape index (κ1) is 15.0. The molecule has 0 N–H and O–H groups in total. The van der Waals surface area contributed by atoms with Crippen LogP contribution in [0.1, 0.15) is 12.1 Å². The maximum Gasteiger partial charge on any atom is 0.226 e. The Bertz CT molecular complexity index is 801. The second-order valence-electron chi connectivity index (χ2n) is 6.17. The lowest BCUT2D eigenvalue weighted by Crippen LogP contribution is -2.21. The number of halogens is 1. The van der Waals surface area contributed by atoms with Crippen LogP contribution in [0, 0.1) is 11.7 Å². The van der Waals surface area contributed by atoms with E-state index in [1.807, 2.05) is 10.9 Å². The molecule has 1 atom stereocenters. The normalized spacial score (nSPS) is 18.3. The van der Waals surface area contributed by atoms with Gasteiger partial charge in [-0.15, -0.1) is 5.10 Å². The smallest absolute Gasteiger partial charge is 0.226 e. The number of hydrogen-bond acceptors (Lipinski definition) is 5. The van der Waals surface area contributed by atoms with E-state index in [1.165, 1.54) is 12.1 Å². The van der Waals surface area contributed by atoms with Crippen molar-refractivity contribution in [2.75, 3.05) is 13.1 Å². The summed E-state index contributed by atoms with van der Waals surface area (Å²) in [6, 6.07) is 6.29. The van der Waals surface area contributed by atoms with Crippen LogP contribution >= 0.6 is 0 Å². The first-order chi connectivity index (χ1) is 11.8. The molecule has 3 heterocycles. The van der Waals surface area contributed by atoms with Crippen molar-refractivity contribution in [1.29, 1.82) is 0 Å². The quantitative estimate of drug-likeness (QED) is 0.721. The third-order valence-corrected chi connectivity index (χ3v) is 4.30. The standard InChI is InChI=1S/C17H18FN5O/c18-15-3-1-2-14(8-15)17-20-16(12-24-17)11-22-6-4-13(9-22)10-23-7-5-19-21-23/h1-3,5,7-8,12-13H,4,6,9-11H2. The fraction of sp³-hybridized carbons (Fsp3) is 0.353. The number of likely N-dealkylation sites (tertiary alicyclic amines) is 1. The lowest BCUT2D eigenvalue weighted by atomic mass is 10.1. The molecule has 0 amide bonds. The van der Waals surface area contributed by atoms with Crippen LogP contribution in [0.4, 0.5) is 4.39 Å². The van der Waals surface area contributed by atoms with Crippen molar-refractivity contribution in [2.24, 2.45) is 5.92 Å². The number of rotatable bonds is 5. The molecule has 7 heteroatoms. The molecule has 1 aromatic carbocycles. The number of aromatic nitrogens is 4. The molecule has 4 rings (SSSR count). The Hall–Kier alpha value is -2.54. The van der Waals surface area contributed by atoms with Crippen LogP contribution in [0.25, 0.3) is 11.5 Å². The highest BCUT2D eigenvalue weighted by Crippen LogP contribution is 2.23. The summed E-state index contributed by atoms with van der Waals surface area (Å²) in [5.74, 6) is 0.742. The average molecular weight is 327 g/mol. The van der Waals surface area contributed by atoms with E-state index in [1.54, 1.807) is 24.6 Å². The van der Waals surface area contributed by atoms with E-state index in [9.17, 15) is 4.39 Å². The van der Waals surface area contributed by atoms with Crippen LogP contribution < -0.4 is 0 Å².